The van der Waals surface area contributed by atoms with Gasteiger partial charge >= 0.3 is 0 Å². The van der Waals surface area contributed by atoms with Crippen molar-refractivity contribution in [3.8, 4) is 0 Å². The smallest absolute Gasteiger partial charge is 0.217 e. The molecule has 2 N–H and O–H groups in total. The van der Waals surface area contributed by atoms with E-state index in [0.717, 1.165) is 0 Å². The van der Waals surface area contributed by atoms with Gasteiger partial charge in [0.2, 0.25) is 5.91 Å². The van der Waals surface area contributed by atoms with Crippen LogP contribution in [0.15, 0.2) is 0 Å². The summed E-state index contributed by atoms with van der Waals surface area (Å²) in [5.41, 5.74) is 0. The minimum atomic E-state index is -0.158. The van der Waals surface area contributed by atoms with Crippen molar-refractivity contribution in [1.29, 1.82) is 0 Å². The van der Waals surface area contributed by atoms with Crippen molar-refractivity contribution in [1.82, 2.24) is 5.32 Å². The number of aliphatic hydroxyl groups is 1. The van der Waals surface area contributed by atoms with Crippen molar-refractivity contribution in [2.45, 2.75) is 6.92 Å². The standard InChI is InChI=1S/C4H8NO2/c1-4(7)5-2-3-6/h2,6H,3H2,1H3,(H,5,7). The first kappa shape index (κ1) is 6.43. The molecule has 0 aliphatic rings. The summed E-state index contributed by atoms with van der Waals surface area (Å²) in [4.78, 5) is 9.95. The SMILES string of the molecule is CC(=O)N[CH]CO. The Morgan fingerprint density at radius 1 is 2.00 bits per heavy atom. The number of rotatable bonds is 2. The fourth-order valence-corrected chi connectivity index (χ4v) is 0.189. The van der Waals surface area contributed by atoms with Gasteiger partial charge in [0.15, 0.2) is 0 Å². The molecule has 41 valence electrons. The van der Waals surface area contributed by atoms with Gasteiger partial charge in [-0.3, -0.25) is 4.79 Å². The minimum Gasteiger partial charge on any atom is -0.394 e. The van der Waals surface area contributed by atoms with Gasteiger partial charge in [0.05, 0.1) is 13.2 Å². The van der Waals surface area contributed by atoms with E-state index in [4.69, 9.17) is 5.11 Å². The molecule has 0 rings (SSSR count). The summed E-state index contributed by atoms with van der Waals surface area (Å²) >= 11 is 0. The summed E-state index contributed by atoms with van der Waals surface area (Å²) in [6.07, 6.45) is 0. The van der Waals surface area contributed by atoms with Gasteiger partial charge in [-0.25, -0.2) is 0 Å². The lowest BCUT2D eigenvalue weighted by molar-refractivity contribution is -0.118. The summed E-state index contributed by atoms with van der Waals surface area (Å²) in [6.45, 7) is 2.55. The van der Waals surface area contributed by atoms with Crippen LogP contribution in [0.3, 0.4) is 0 Å². The lowest BCUT2D eigenvalue weighted by Crippen LogP contribution is -2.17. The molecule has 1 radical (unpaired) electrons. The molecule has 0 saturated heterocycles. The molecule has 0 fully saturated rings. The van der Waals surface area contributed by atoms with Crippen LogP contribution < -0.4 is 5.32 Å². The fraction of sp³-hybridized carbons (Fsp3) is 0.500. The molecule has 0 aromatic carbocycles. The molecular weight excluding hydrogens is 94.0 g/mol. The molecule has 0 aromatic heterocycles. The van der Waals surface area contributed by atoms with E-state index in [2.05, 4.69) is 5.32 Å². The Kier molecular flexibility index (Phi) is 3.32. The summed E-state index contributed by atoms with van der Waals surface area (Å²) in [5, 5.41) is 10.3. The third-order valence-corrected chi connectivity index (χ3v) is 0.397. The van der Waals surface area contributed by atoms with Crippen LogP contribution in [0.25, 0.3) is 0 Å². The van der Waals surface area contributed by atoms with Gasteiger partial charge in [-0.15, -0.1) is 0 Å². The molecule has 3 nitrogen and oxygen atoms in total. The first-order valence-corrected chi connectivity index (χ1v) is 1.97. The molecule has 3 heteroatoms. The van der Waals surface area contributed by atoms with Gasteiger partial charge in [0.1, 0.15) is 0 Å². The predicted molar refractivity (Wildman–Crippen MR) is 25.2 cm³/mol. The third kappa shape index (κ3) is 5.43. The third-order valence-electron chi connectivity index (χ3n) is 0.397. The van der Waals surface area contributed by atoms with Crippen LogP contribution >= 0.6 is 0 Å². The highest BCUT2D eigenvalue weighted by molar-refractivity contribution is 5.73. The Balaban J connectivity index is 2.82. The van der Waals surface area contributed by atoms with Gasteiger partial charge in [-0.2, -0.15) is 0 Å². The number of hydrogen-bond acceptors (Lipinski definition) is 2. The number of aliphatic hydroxyl groups excluding tert-OH is 1. The summed E-state index contributed by atoms with van der Waals surface area (Å²) < 4.78 is 0. The first-order chi connectivity index (χ1) is 3.27. The molecule has 1 amide bonds. The molecule has 0 heterocycles. The molecule has 0 unspecified atom stereocenters. The maximum atomic E-state index is 9.95. The molecule has 0 bridgehead atoms. The predicted octanol–water partition coefficient (Wildman–Crippen LogP) is -0.723. The van der Waals surface area contributed by atoms with Gasteiger partial charge in [0, 0.05) is 6.92 Å². The van der Waals surface area contributed by atoms with Gasteiger partial charge < -0.3 is 10.4 Å². The number of carbonyl (C=O) groups excluding carboxylic acids is 1. The second-order valence-corrected chi connectivity index (χ2v) is 1.09. The van der Waals surface area contributed by atoms with Crippen molar-refractivity contribution < 1.29 is 9.90 Å². The van der Waals surface area contributed by atoms with Crippen molar-refractivity contribution in [2.75, 3.05) is 6.61 Å². The first-order valence-electron chi connectivity index (χ1n) is 1.97. The highest BCUT2D eigenvalue weighted by atomic mass is 16.3. The average molecular weight is 102 g/mol. The van der Waals surface area contributed by atoms with Crippen LogP contribution in [0.4, 0.5) is 0 Å². The zero-order chi connectivity index (χ0) is 5.70. The average Bonchev–Trinajstić information content (AvgIpc) is 1.61. The minimum absolute atomic E-state index is 0.112. The Labute approximate surface area is 42.3 Å². The van der Waals surface area contributed by atoms with E-state index in [1.165, 1.54) is 13.5 Å². The molecule has 0 spiro atoms. The van der Waals surface area contributed by atoms with Crippen molar-refractivity contribution in [3.63, 3.8) is 0 Å². The monoisotopic (exact) mass is 102 g/mol. The van der Waals surface area contributed by atoms with Crippen molar-refractivity contribution in [2.24, 2.45) is 0 Å². The Morgan fingerprint density at radius 2 is 2.57 bits per heavy atom. The fourth-order valence-electron chi connectivity index (χ4n) is 0.189. The van der Waals surface area contributed by atoms with Crippen LogP contribution in [0.5, 0.6) is 0 Å². The Bertz CT molecular complexity index is 62.7. The lowest BCUT2D eigenvalue weighted by Gasteiger charge is -1.92. The quantitative estimate of drug-likeness (QED) is 0.483. The largest absolute Gasteiger partial charge is 0.394 e. The van der Waals surface area contributed by atoms with Crippen molar-refractivity contribution >= 4 is 5.91 Å². The van der Waals surface area contributed by atoms with E-state index in [9.17, 15) is 4.79 Å². The van der Waals surface area contributed by atoms with Crippen LogP contribution in [-0.4, -0.2) is 17.6 Å². The highest BCUT2D eigenvalue weighted by Gasteiger charge is 1.84. The van der Waals surface area contributed by atoms with E-state index in [-0.39, 0.29) is 12.5 Å². The maximum absolute atomic E-state index is 9.95. The zero-order valence-corrected chi connectivity index (χ0v) is 4.14. The lowest BCUT2D eigenvalue weighted by atomic mass is 10.6. The van der Waals surface area contributed by atoms with Crippen LogP contribution in [0.1, 0.15) is 6.92 Å². The normalized spacial score (nSPS) is 8.29. The molecule has 0 aliphatic carbocycles. The molecule has 0 aliphatic heterocycles. The topological polar surface area (TPSA) is 49.3 Å². The Hall–Kier alpha value is -0.570. The molecule has 7 heavy (non-hydrogen) atoms. The van der Waals surface area contributed by atoms with Gasteiger partial charge in [0.25, 0.3) is 0 Å². The van der Waals surface area contributed by atoms with Crippen LogP contribution in [0, 0.1) is 6.54 Å². The van der Waals surface area contributed by atoms with E-state index in [0.29, 0.717) is 0 Å². The molecular formula is C4H8NO2. The number of amides is 1. The molecule has 0 aromatic rings. The van der Waals surface area contributed by atoms with E-state index < -0.39 is 0 Å². The number of carbonyl (C=O) groups is 1. The van der Waals surface area contributed by atoms with Crippen LogP contribution in [-0.2, 0) is 4.79 Å². The number of hydrogen-bond donors (Lipinski definition) is 2. The number of nitrogens with one attached hydrogen (secondary N) is 1. The van der Waals surface area contributed by atoms with E-state index in [1.54, 1.807) is 0 Å². The van der Waals surface area contributed by atoms with Crippen LogP contribution in [0.2, 0.25) is 0 Å². The van der Waals surface area contributed by atoms with Crippen molar-refractivity contribution in [3.05, 3.63) is 6.54 Å². The molecule has 0 atom stereocenters. The highest BCUT2D eigenvalue weighted by Crippen LogP contribution is 1.63. The zero-order valence-electron chi connectivity index (χ0n) is 4.14. The second kappa shape index (κ2) is 3.61. The van der Waals surface area contributed by atoms with E-state index in [1.807, 2.05) is 0 Å². The Morgan fingerprint density at radius 3 is 2.71 bits per heavy atom. The maximum Gasteiger partial charge on any atom is 0.217 e. The van der Waals surface area contributed by atoms with Gasteiger partial charge in [-0.05, 0) is 0 Å². The van der Waals surface area contributed by atoms with E-state index >= 15 is 0 Å². The summed E-state index contributed by atoms with van der Waals surface area (Å²) in [5.74, 6) is -0.158. The second-order valence-electron chi connectivity index (χ2n) is 1.09. The summed E-state index contributed by atoms with van der Waals surface area (Å²) in [7, 11) is 0. The molecule has 0 saturated carbocycles. The summed E-state index contributed by atoms with van der Waals surface area (Å²) in [6, 6.07) is 0. The van der Waals surface area contributed by atoms with Gasteiger partial charge in [-0.1, -0.05) is 0 Å².